The van der Waals surface area contributed by atoms with Crippen LogP contribution >= 0.6 is 0 Å². The predicted octanol–water partition coefficient (Wildman–Crippen LogP) is 1.42. The Morgan fingerprint density at radius 2 is 2.27 bits per heavy atom. The molecule has 1 atom stereocenters. The SMILES string of the molecule is C=CCC(C(=O)O)N1CCCCCC1=O. The Balaban J connectivity index is 2.74. The number of hydrogen-bond acceptors (Lipinski definition) is 2. The summed E-state index contributed by atoms with van der Waals surface area (Å²) in [4.78, 5) is 24.2. The lowest BCUT2D eigenvalue weighted by atomic mass is 10.1. The summed E-state index contributed by atoms with van der Waals surface area (Å²) in [6.45, 7) is 4.08. The van der Waals surface area contributed by atoms with Gasteiger partial charge in [0, 0.05) is 13.0 Å². The third-order valence-corrected chi connectivity index (χ3v) is 2.66. The third kappa shape index (κ3) is 3.08. The summed E-state index contributed by atoms with van der Waals surface area (Å²) < 4.78 is 0. The summed E-state index contributed by atoms with van der Waals surface area (Å²) in [5, 5.41) is 9.02. The number of likely N-dealkylation sites (tertiary alicyclic amines) is 1. The molecular weight excluding hydrogens is 194 g/mol. The molecule has 0 bridgehead atoms. The molecule has 0 aromatic heterocycles. The van der Waals surface area contributed by atoms with E-state index in [1.807, 2.05) is 0 Å². The number of hydrogen-bond donors (Lipinski definition) is 1. The predicted molar refractivity (Wildman–Crippen MR) is 56.4 cm³/mol. The van der Waals surface area contributed by atoms with Crippen molar-refractivity contribution in [2.45, 2.75) is 38.1 Å². The van der Waals surface area contributed by atoms with Gasteiger partial charge in [-0.25, -0.2) is 4.79 Å². The first-order chi connectivity index (χ1) is 7.16. The van der Waals surface area contributed by atoms with Crippen molar-refractivity contribution in [1.29, 1.82) is 0 Å². The molecule has 1 saturated heterocycles. The molecule has 0 aromatic rings. The average molecular weight is 211 g/mol. The highest BCUT2D eigenvalue weighted by Gasteiger charge is 2.28. The molecule has 1 fully saturated rings. The Bertz CT molecular complexity index is 263. The van der Waals surface area contributed by atoms with E-state index in [1.165, 1.54) is 4.90 Å². The van der Waals surface area contributed by atoms with Gasteiger partial charge in [0.05, 0.1) is 0 Å². The van der Waals surface area contributed by atoms with Gasteiger partial charge in [0.1, 0.15) is 6.04 Å². The van der Waals surface area contributed by atoms with E-state index in [9.17, 15) is 9.59 Å². The van der Waals surface area contributed by atoms with E-state index in [0.29, 0.717) is 19.4 Å². The topological polar surface area (TPSA) is 57.6 Å². The van der Waals surface area contributed by atoms with E-state index in [-0.39, 0.29) is 5.91 Å². The Labute approximate surface area is 89.6 Å². The number of carbonyl (C=O) groups excluding carboxylic acids is 1. The number of amides is 1. The van der Waals surface area contributed by atoms with Crippen LogP contribution in [0.5, 0.6) is 0 Å². The molecule has 1 amide bonds. The molecule has 0 spiro atoms. The molecule has 0 aromatic carbocycles. The molecule has 1 N–H and O–H groups in total. The third-order valence-electron chi connectivity index (χ3n) is 2.66. The second kappa shape index (κ2) is 5.53. The number of carboxylic acid groups (broad SMARTS) is 1. The minimum atomic E-state index is -0.940. The highest BCUT2D eigenvalue weighted by Crippen LogP contribution is 2.16. The molecule has 1 unspecified atom stereocenters. The number of nitrogens with zero attached hydrogens (tertiary/aromatic N) is 1. The van der Waals surface area contributed by atoms with Gasteiger partial charge in [0.2, 0.25) is 5.91 Å². The van der Waals surface area contributed by atoms with Crippen LogP contribution in [0.15, 0.2) is 12.7 Å². The van der Waals surface area contributed by atoms with Gasteiger partial charge in [0.15, 0.2) is 0 Å². The Morgan fingerprint density at radius 1 is 1.53 bits per heavy atom. The van der Waals surface area contributed by atoms with Crippen molar-refractivity contribution in [3.05, 3.63) is 12.7 Å². The molecule has 1 aliphatic heterocycles. The van der Waals surface area contributed by atoms with E-state index in [4.69, 9.17) is 5.11 Å². The zero-order chi connectivity index (χ0) is 11.3. The van der Waals surface area contributed by atoms with Crippen molar-refractivity contribution in [1.82, 2.24) is 4.90 Å². The van der Waals surface area contributed by atoms with E-state index in [1.54, 1.807) is 6.08 Å². The fourth-order valence-electron chi connectivity index (χ4n) is 1.85. The summed E-state index contributed by atoms with van der Waals surface area (Å²) in [7, 11) is 0. The van der Waals surface area contributed by atoms with E-state index in [0.717, 1.165) is 19.3 Å². The van der Waals surface area contributed by atoms with Crippen LogP contribution in [0, 0.1) is 0 Å². The standard InChI is InChI=1S/C11H17NO3/c1-2-6-9(11(14)15)12-8-5-3-4-7-10(12)13/h2,9H,1,3-8H2,(H,14,15). The average Bonchev–Trinajstić information content (AvgIpc) is 2.39. The molecule has 84 valence electrons. The lowest BCUT2D eigenvalue weighted by Crippen LogP contribution is -2.44. The largest absolute Gasteiger partial charge is 0.480 e. The maximum Gasteiger partial charge on any atom is 0.326 e. The molecule has 4 nitrogen and oxygen atoms in total. The quantitative estimate of drug-likeness (QED) is 0.715. The van der Waals surface area contributed by atoms with E-state index >= 15 is 0 Å². The second-order valence-electron chi connectivity index (χ2n) is 3.78. The van der Waals surface area contributed by atoms with Gasteiger partial charge >= 0.3 is 5.97 Å². The first-order valence-electron chi connectivity index (χ1n) is 5.30. The molecule has 15 heavy (non-hydrogen) atoms. The van der Waals surface area contributed by atoms with Crippen LogP contribution in [0.25, 0.3) is 0 Å². The van der Waals surface area contributed by atoms with Gasteiger partial charge < -0.3 is 10.0 Å². The summed E-state index contributed by atoms with van der Waals surface area (Å²) in [5.41, 5.74) is 0. The Kier molecular flexibility index (Phi) is 4.34. The van der Waals surface area contributed by atoms with E-state index in [2.05, 4.69) is 6.58 Å². The molecule has 0 aliphatic carbocycles. The van der Waals surface area contributed by atoms with Gasteiger partial charge in [-0.3, -0.25) is 4.79 Å². The smallest absolute Gasteiger partial charge is 0.326 e. The normalized spacial score (nSPS) is 19.5. The minimum Gasteiger partial charge on any atom is -0.480 e. The van der Waals surface area contributed by atoms with Crippen LogP contribution in [-0.4, -0.2) is 34.5 Å². The fourth-order valence-corrected chi connectivity index (χ4v) is 1.85. The maximum atomic E-state index is 11.7. The van der Waals surface area contributed by atoms with Crippen LogP contribution in [0.2, 0.25) is 0 Å². The molecule has 0 saturated carbocycles. The second-order valence-corrected chi connectivity index (χ2v) is 3.78. The van der Waals surface area contributed by atoms with Crippen molar-refractivity contribution < 1.29 is 14.7 Å². The molecular formula is C11H17NO3. The van der Waals surface area contributed by atoms with Gasteiger partial charge in [-0.15, -0.1) is 6.58 Å². The highest BCUT2D eigenvalue weighted by atomic mass is 16.4. The zero-order valence-electron chi connectivity index (χ0n) is 8.82. The number of rotatable bonds is 4. The van der Waals surface area contributed by atoms with Crippen molar-refractivity contribution in [2.75, 3.05) is 6.54 Å². The molecule has 1 aliphatic rings. The van der Waals surface area contributed by atoms with Crippen LogP contribution in [0.3, 0.4) is 0 Å². The Morgan fingerprint density at radius 3 is 2.87 bits per heavy atom. The summed E-state index contributed by atoms with van der Waals surface area (Å²) in [6, 6.07) is -0.729. The fraction of sp³-hybridized carbons (Fsp3) is 0.636. The number of aliphatic carboxylic acids is 1. The van der Waals surface area contributed by atoms with Crippen molar-refractivity contribution in [3.63, 3.8) is 0 Å². The lowest BCUT2D eigenvalue weighted by molar-refractivity contribution is -0.149. The molecule has 1 rings (SSSR count). The van der Waals surface area contributed by atoms with Crippen LogP contribution in [0.4, 0.5) is 0 Å². The van der Waals surface area contributed by atoms with Crippen LogP contribution < -0.4 is 0 Å². The molecule has 0 radical (unpaired) electrons. The molecule has 1 heterocycles. The lowest BCUT2D eigenvalue weighted by Gasteiger charge is -2.26. The van der Waals surface area contributed by atoms with Gasteiger partial charge in [-0.05, 0) is 19.3 Å². The van der Waals surface area contributed by atoms with E-state index < -0.39 is 12.0 Å². The van der Waals surface area contributed by atoms with Crippen LogP contribution in [0.1, 0.15) is 32.1 Å². The van der Waals surface area contributed by atoms with Crippen LogP contribution in [-0.2, 0) is 9.59 Å². The number of carboxylic acids is 1. The first kappa shape index (κ1) is 11.8. The summed E-state index contributed by atoms with van der Waals surface area (Å²) in [6.07, 6.45) is 5.12. The summed E-state index contributed by atoms with van der Waals surface area (Å²) >= 11 is 0. The van der Waals surface area contributed by atoms with Gasteiger partial charge in [0.25, 0.3) is 0 Å². The monoisotopic (exact) mass is 211 g/mol. The van der Waals surface area contributed by atoms with Gasteiger partial charge in [-0.2, -0.15) is 0 Å². The highest BCUT2D eigenvalue weighted by molar-refractivity contribution is 5.83. The van der Waals surface area contributed by atoms with Crippen molar-refractivity contribution >= 4 is 11.9 Å². The maximum absolute atomic E-state index is 11.7. The first-order valence-corrected chi connectivity index (χ1v) is 5.30. The molecule has 4 heteroatoms. The zero-order valence-corrected chi connectivity index (χ0v) is 8.82. The Hall–Kier alpha value is -1.32. The van der Waals surface area contributed by atoms with Crippen molar-refractivity contribution in [3.8, 4) is 0 Å². The van der Waals surface area contributed by atoms with Gasteiger partial charge in [-0.1, -0.05) is 12.5 Å². The van der Waals surface area contributed by atoms with Crippen molar-refractivity contribution in [2.24, 2.45) is 0 Å². The minimum absolute atomic E-state index is 0.0400. The summed E-state index contributed by atoms with van der Waals surface area (Å²) in [5.74, 6) is -0.980. The number of carbonyl (C=O) groups is 2.